The molecule has 0 unspecified atom stereocenters. The topological polar surface area (TPSA) is 74.8 Å². The molecule has 0 aromatic carbocycles. The zero-order valence-corrected chi connectivity index (χ0v) is 13.4. The van der Waals surface area contributed by atoms with Crippen molar-refractivity contribution in [2.24, 2.45) is 0 Å². The molecule has 2 aromatic heterocycles. The van der Waals surface area contributed by atoms with E-state index in [0.29, 0.717) is 16.3 Å². The number of amides is 1. The van der Waals surface area contributed by atoms with Crippen LogP contribution in [0.2, 0.25) is 0 Å². The molecule has 0 aliphatic heterocycles. The lowest BCUT2D eigenvalue weighted by Gasteiger charge is -2.04. The quantitative estimate of drug-likeness (QED) is 0.672. The van der Waals surface area contributed by atoms with E-state index in [9.17, 15) is 9.59 Å². The summed E-state index contributed by atoms with van der Waals surface area (Å²) in [5, 5.41) is 10.4. The number of aryl methyl sites for hydroxylation is 1. The first-order valence-corrected chi connectivity index (χ1v) is 8.41. The van der Waals surface area contributed by atoms with E-state index >= 15 is 0 Å². The second kappa shape index (κ2) is 6.44. The Balaban J connectivity index is 1.66. The van der Waals surface area contributed by atoms with Gasteiger partial charge in [0.2, 0.25) is 0 Å². The summed E-state index contributed by atoms with van der Waals surface area (Å²) in [6.07, 6.45) is 5.70. The van der Waals surface area contributed by atoms with Crippen LogP contribution in [0, 0.1) is 0 Å². The Morgan fingerprint density at radius 1 is 1.23 bits per heavy atom. The van der Waals surface area contributed by atoms with Gasteiger partial charge in [0.1, 0.15) is 0 Å². The number of fused-ring (bicyclic) bond motifs is 1. The van der Waals surface area contributed by atoms with Crippen molar-refractivity contribution in [3.8, 4) is 0 Å². The van der Waals surface area contributed by atoms with Crippen LogP contribution in [0.5, 0.6) is 0 Å². The number of nitrogens with zero attached hydrogens (tertiary/aromatic N) is 1. The first kappa shape index (κ1) is 15.0. The van der Waals surface area contributed by atoms with Crippen LogP contribution in [-0.2, 0) is 19.4 Å². The van der Waals surface area contributed by atoms with Crippen LogP contribution >= 0.6 is 11.3 Å². The maximum Gasteiger partial charge on any atom is 0.261 e. The Bertz CT molecular complexity index is 702. The number of aromatic amines is 1. The molecular formula is C16H19N3O2S. The minimum atomic E-state index is -0.150. The third kappa shape index (κ3) is 3.11. The highest BCUT2D eigenvalue weighted by Crippen LogP contribution is 2.22. The van der Waals surface area contributed by atoms with Gasteiger partial charge in [-0.25, -0.2) is 0 Å². The van der Waals surface area contributed by atoms with Gasteiger partial charge >= 0.3 is 0 Å². The van der Waals surface area contributed by atoms with E-state index in [-0.39, 0.29) is 11.7 Å². The Hall–Kier alpha value is -1.95. The monoisotopic (exact) mass is 317 g/mol. The lowest BCUT2D eigenvalue weighted by molar-refractivity contribution is 0.0953. The summed E-state index contributed by atoms with van der Waals surface area (Å²) in [5.74, 6) is -0.162. The molecule has 0 fully saturated rings. The number of ketones is 1. The Morgan fingerprint density at radius 2 is 2.00 bits per heavy atom. The zero-order chi connectivity index (χ0) is 15.5. The molecule has 2 heterocycles. The second-order valence-corrected chi connectivity index (χ2v) is 6.67. The standard InChI is InChI=1S/C16H19N3O2S/c1-10(20)14-7-8-15(22-14)16(21)17-9-13-11-5-3-2-4-6-12(11)18-19-13/h7-8H,2-6,9H2,1H3,(H,17,21)(H,18,19). The third-order valence-corrected chi connectivity index (χ3v) is 5.17. The van der Waals surface area contributed by atoms with Crippen molar-refractivity contribution in [1.29, 1.82) is 0 Å². The number of carbonyl (C=O) groups excluding carboxylic acids is 2. The highest BCUT2D eigenvalue weighted by Gasteiger charge is 2.17. The van der Waals surface area contributed by atoms with Crippen molar-refractivity contribution >= 4 is 23.0 Å². The van der Waals surface area contributed by atoms with Crippen molar-refractivity contribution in [2.75, 3.05) is 0 Å². The summed E-state index contributed by atoms with van der Waals surface area (Å²) in [7, 11) is 0. The van der Waals surface area contributed by atoms with Crippen LogP contribution in [0.1, 0.15) is 62.5 Å². The van der Waals surface area contributed by atoms with E-state index < -0.39 is 0 Å². The summed E-state index contributed by atoms with van der Waals surface area (Å²) in [4.78, 5) is 24.6. The molecule has 0 spiro atoms. The lowest BCUT2D eigenvalue weighted by atomic mass is 10.1. The van der Waals surface area contributed by atoms with E-state index in [2.05, 4.69) is 15.5 Å². The Labute approximate surface area is 133 Å². The maximum atomic E-state index is 12.2. The smallest absolute Gasteiger partial charge is 0.261 e. The first-order chi connectivity index (χ1) is 10.6. The molecule has 1 amide bonds. The normalized spacial score (nSPS) is 14.2. The van der Waals surface area contributed by atoms with Crippen LogP contribution in [0.15, 0.2) is 12.1 Å². The Morgan fingerprint density at radius 3 is 2.77 bits per heavy atom. The van der Waals surface area contributed by atoms with E-state index in [4.69, 9.17) is 0 Å². The van der Waals surface area contributed by atoms with Gasteiger partial charge < -0.3 is 5.32 Å². The summed E-state index contributed by atoms with van der Waals surface area (Å²) in [5.41, 5.74) is 3.43. The average molecular weight is 317 g/mol. The largest absolute Gasteiger partial charge is 0.346 e. The minimum absolute atomic E-state index is 0.0123. The third-order valence-electron chi connectivity index (χ3n) is 3.99. The maximum absolute atomic E-state index is 12.2. The van der Waals surface area contributed by atoms with Crippen molar-refractivity contribution in [1.82, 2.24) is 15.5 Å². The summed E-state index contributed by atoms with van der Waals surface area (Å²) in [6.45, 7) is 1.93. The highest BCUT2D eigenvalue weighted by atomic mass is 32.1. The number of carbonyl (C=O) groups is 2. The number of Topliss-reactive ketones (excluding diaryl/α,β-unsaturated/α-hetero) is 1. The molecule has 0 radical (unpaired) electrons. The van der Waals surface area contributed by atoms with Crippen LogP contribution in [-0.4, -0.2) is 21.9 Å². The molecule has 1 aliphatic carbocycles. The molecule has 6 heteroatoms. The fraction of sp³-hybridized carbons (Fsp3) is 0.438. The van der Waals surface area contributed by atoms with Gasteiger partial charge in [0.15, 0.2) is 5.78 Å². The summed E-state index contributed by atoms with van der Waals surface area (Å²) in [6, 6.07) is 3.39. The number of hydrogen-bond acceptors (Lipinski definition) is 4. The molecule has 3 rings (SSSR count). The van der Waals surface area contributed by atoms with Gasteiger partial charge in [0.05, 0.1) is 22.0 Å². The number of rotatable bonds is 4. The number of H-pyrrole nitrogens is 1. The van der Waals surface area contributed by atoms with Gasteiger partial charge in [-0.15, -0.1) is 11.3 Å². The summed E-state index contributed by atoms with van der Waals surface area (Å²) < 4.78 is 0. The van der Waals surface area contributed by atoms with Gasteiger partial charge in [-0.1, -0.05) is 6.42 Å². The first-order valence-electron chi connectivity index (χ1n) is 7.59. The van der Waals surface area contributed by atoms with Crippen LogP contribution in [0.4, 0.5) is 0 Å². The predicted octanol–water partition coefficient (Wildman–Crippen LogP) is 2.87. The molecule has 116 valence electrons. The number of aromatic nitrogens is 2. The molecule has 1 aliphatic rings. The highest BCUT2D eigenvalue weighted by molar-refractivity contribution is 7.15. The fourth-order valence-corrected chi connectivity index (χ4v) is 3.59. The molecule has 2 aromatic rings. The van der Waals surface area contributed by atoms with Crippen LogP contribution in [0.25, 0.3) is 0 Å². The van der Waals surface area contributed by atoms with Gasteiger partial charge in [0.25, 0.3) is 5.91 Å². The van der Waals surface area contributed by atoms with Crippen molar-refractivity contribution in [3.05, 3.63) is 38.8 Å². The molecule has 2 N–H and O–H groups in total. The van der Waals surface area contributed by atoms with Gasteiger partial charge in [-0.05, 0) is 50.3 Å². The molecule has 5 nitrogen and oxygen atoms in total. The zero-order valence-electron chi connectivity index (χ0n) is 12.6. The van der Waals surface area contributed by atoms with E-state index in [1.165, 1.54) is 48.8 Å². The van der Waals surface area contributed by atoms with Crippen molar-refractivity contribution < 1.29 is 9.59 Å². The number of thiophene rings is 1. The predicted molar refractivity (Wildman–Crippen MR) is 85.3 cm³/mol. The van der Waals surface area contributed by atoms with Crippen molar-refractivity contribution in [2.45, 2.75) is 45.6 Å². The van der Waals surface area contributed by atoms with E-state index in [0.717, 1.165) is 18.5 Å². The van der Waals surface area contributed by atoms with E-state index in [1.54, 1.807) is 12.1 Å². The van der Waals surface area contributed by atoms with Crippen molar-refractivity contribution in [3.63, 3.8) is 0 Å². The average Bonchev–Trinajstić information content (AvgIpc) is 3.07. The summed E-state index contributed by atoms with van der Waals surface area (Å²) >= 11 is 1.23. The fourth-order valence-electron chi connectivity index (χ4n) is 2.77. The SMILES string of the molecule is CC(=O)c1ccc(C(=O)NCc2n[nH]c3c2CCCCC3)s1. The molecule has 22 heavy (non-hydrogen) atoms. The molecule has 0 atom stereocenters. The second-order valence-electron chi connectivity index (χ2n) is 5.59. The number of nitrogens with one attached hydrogen (secondary N) is 2. The number of hydrogen-bond donors (Lipinski definition) is 2. The van der Waals surface area contributed by atoms with Crippen LogP contribution in [0.3, 0.4) is 0 Å². The van der Waals surface area contributed by atoms with Gasteiger partial charge in [0, 0.05) is 5.69 Å². The Kier molecular flexibility index (Phi) is 4.38. The minimum Gasteiger partial charge on any atom is -0.346 e. The van der Waals surface area contributed by atoms with E-state index in [1.807, 2.05) is 0 Å². The molecular weight excluding hydrogens is 298 g/mol. The lowest BCUT2D eigenvalue weighted by Crippen LogP contribution is -2.22. The van der Waals surface area contributed by atoms with Crippen LogP contribution < -0.4 is 5.32 Å². The van der Waals surface area contributed by atoms with Gasteiger partial charge in [-0.2, -0.15) is 5.10 Å². The molecule has 0 bridgehead atoms. The van der Waals surface area contributed by atoms with Gasteiger partial charge in [-0.3, -0.25) is 14.7 Å². The molecule has 0 saturated heterocycles. The molecule has 0 saturated carbocycles.